The molecule has 6 rings (SSSR count). The maximum atomic E-state index is 6.66. The Kier molecular flexibility index (Phi) is 6.75. The molecule has 1 saturated heterocycles. The van der Waals surface area contributed by atoms with Crippen LogP contribution in [0.2, 0.25) is 10.0 Å². The fraction of sp³-hybridized carbons (Fsp3) is 0.167. The molecule has 1 aliphatic heterocycles. The Hall–Kier alpha value is -3.87. The van der Waals surface area contributed by atoms with Crippen LogP contribution in [-0.4, -0.2) is 32.8 Å². The minimum Gasteiger partial charge on any atom is -0.383 e. The minimum atomic E-state index is 0.389. The molecule has 2 aromatic carbocycles. The van der Waals surface area contributed by atoms with E-state index < -0.39 is 0 Å². The van der Waals surface area contributed by atoms with Gasteiger partial charge in [0.1, 0.15) is 17.3 Å². The average Bonchev–Trinajstić information content (AvgIpc) is 3.62. The number of nitrogens with two attached hydrogens (primary N) is 1. The Balaban J connectivity index is 1.43. The van der Waals surface area contributed by atoms with E-state index in [2.05, 4.69) is 34.1 Å². The summed E-state index contributed by atoms with van der Waals surface area (Å²) < 4.78 is 1.90. The number of aromatic nitrogens is 4. The lowest BCUT2D eigenvalue weighted by atomic mass is 10.00. The van der Waals surface area contributed by atoms with Crippen molar-refractivity contribution in [1.82, 2.24) is 19.7 Å². The van der Waals surface area contributed by atoms with Crippen molar-refractivity contribution < 1.29 is 0 Å². The van der Waals surface area contributed by atoms with E-state index in [-0.39, 0.29) is 0 Å². The van der Waals surface area contributed by atoms with Gasteiger partial charge in [-0.3, -0.25) is 4.68 Å². The molecule has 5 aromatic rings. The van der Waals surface area contributed by atoms with E-state index >= 15 is 0 Å². The quantitative estimate of drug-likeness (QED) is 0.246. The van der Waals surface area contributed by atoms with Gasteiger partial charge in [0.25, 0.3) is 0 Å². The number of halogens is 2. The van der Waals surface area contributed by atoms with Gasteiger partial charge in [0.15, 0.2) is 0 Å². The first-order chi connectivity index (χ1) is 18.6. The summed E-state index contributed by atoms with van der Waals surface area (Å²) in [4.78, 5) is 11.6. The highest BCUT2D eigenvalue weighted by Crippen LogP contribution is 2.40. The topological polar surface area (TPSA) is 72.9 Å². The predicted octanol–water partition coefficient (Wildman–Crippen LogP) is 7.21. The second kappa shape index (κ2) is 10.5. The van der Waals surface area contributed by atoms with Crippen LogP contribution in [0.4, 0.5) is 11.6 Å². The van der Waals surface area contributed by atoms with Gasteiger partial charge in [-0.25, -0.2) is 9.97 Å². The van der Waals surface area contributed by atoms with Crippen molar-refractivity contribution in [3.05, 3.63) is 101 Å². The van der Waals surface area contributed by atoms with Gasteiger partial charge in [-0.05, 0) is 42.7 Å². The summed E-state index contributed by atoms with van der Waals surface area (Å²) in [5.41, 5.74) is 12.5. The van der Waals surface area contributed by atoms with Crippen LogP contribution >= 0.6 is 23.2 Å². The number of hydrogen-bond acceptors (Lipinski definition) is 5. The molecule has 1 aliphatic rings. The summed E-state index contributed by atoms with van der Waals surface area (Å²) in [6.07, 6.45) is 8.08. The maximum Gasteiger partial charge on any atom is 0.132 e. The average molecular weight is 541 g/mol. The fourth-order valence-electron chi connectivity index (χ4n) is 4.89. The van der Waals surface area contributed by atoms with Crippen molar-refractivity contribution in [3.63, 3.8) is 0 Å². The minimum absolute atomic E-state index is 0.389. The number of hydrogen-bond donors (Lipinski definition) is 1. The standard InChI is InChI=1S/C30H26Cl2N6/c31-26-10-6-9-23(28(26)32)25-19-38(18-20-7-2-1-3-8-20)36-29(25)24-15-22(17-35-30(24)33)21-11-12-27(34-16-21)37-13-4-5-14-37/h1-3,6-12,15-17,19H,4-5,13-14,18H2,(H2,33,35). The molecule has 38 heavy (non-hydrogen) atoms. The van der Waals surface area contributed by atoms with Crippen LogP contribution in [0.5, 0.6) is 0 Å². The highest BCUT2D eigenvalue weighted by atomic mass is 35.5. The number of benzene rings is 2. The lowest BCUT2D eigenvalue weighted by Gasteiger charge is -2.16. The molecule has 0 spiro atoms. The third-order valence-electron chi connectivity index (χ3n) is 6.88. The maximum absolute atomic E-state index is 6.66. The molecule has 0 aliphatic carbocycles. The molecule has 2 N–H and O–H groups in total. The van der Waals surface area contributed by atoms with Crippen molar-refractivity contribution in [2.75, 3.05) is 23.7 Å². The van der Waals surface area contributed by atoms with Gasteiger partial charge in [0.2, 0.25) is 0 Å². The van der Waals surface area contributed by atoms with Gasteiger partial charge < -0.3 is 10.6 Å². The first-order valence-corrected chi connectivity index (χ1v) is 13.4. The summed E-state index contributed by atoms with van der Waals surface area (Å²) >= 11 is 13.1. The molecule has 0 amide bonds. The third kappa shape index (κ3) is 4.85. The van der Waals surface area contributed by atoms with Gasteiger partial charge in [0.05, 0.1) is 16.6 Å². The Morgan fingerprint density at radius 3 is 2.34 bits per heavy atom. The second-order valence-electron chi connectivity index (χ2n) is 9.43. The molecule has 0 bridgehead atoms. The molecular weight excluding hydrogens is 515 g/mol. The van der Waals surface area contributed by atoms with E-state index in [1.807, 2.05) is 53.5 Å². The number of pyridine rings is 2. The summed E-state index contributed by atoms with van der Waals surface area (Å²) in [5.74, 6) is 1.40. The zero-order valence-electron chi connectivity index (χ0n) is 20.7. The molecule has 8 heteroatoms. The van der Waals surface area contributed by atoms with Crippen LogP contribution in [-0.2, 0) is 6.54 Å². The molecule has 6 nitrogen and oxygen atoms in total. The Morgan fingerprint density at radius 2 is 1.58 bits per heavy atom. The smallest absolute Gasteiger partial charge is 0.132 e. The Bertz CT molecular complexity index is 1570. The number of nitrogens with zero attached hydrogens (tertiary/aromatic N) is 5. The fourth-order valence-corrected chi connectivity index (χ4v) is 5.30. The van der Waals surface area contributed by atoms with E-state index in [0.29, 0.717) is 28.1 Å². The van der Waals surface area contributed by atoms with Crippen molar-refractivity contribution >= 4 is 34.8 Å². The van der Waals surface area contributed by atoms with Crippen LogP contribution in [0.15, 0.2) is 85.3 Å². The lowest BCUT2D eigenvalue weighted by molar-refractivity contribution is 0.689. The zero-order chi connectivity index (χ0) is 26.1. The van der Waals surface area contributed by atoms with E-state index in [1.165, 1.54) is 12.8 Å². The van der Waals surface area contributed by atoms with Crippen LogP contribution in [0.1, 0.15) is 18.4 Å². The highest BCUT2D eigenvalue weighted by molar-refractivity contribution is 6.43. The second-order valence-corrected chi connectivity index (χ2v) is 10.2. The van der Waals surface area contributed by atoms with Gasteiger partial charge in [-0.2, -0.15) is 5.10 Å². The molecule has 0 saturated carbocycles. The highest BCUT2D eigenvalue weighted by Gasteiger charge is 2.20. The van der Waals surface area contributed by atoms with Crippen molar-refractivity contribution in [1.29, 1.82) is 0 Å². The normalized spacial score (nSPS) is 13.3. The van der Waals surface area contributed by atoms with E-state index in [0.717, 1.165) is 52.3 Å². The van der Waals surface area contributed by atoms with Crippen LogP contribution in [0.3, 0.4) is 0 Å². The van der Waals surface area contributed by atoms with Gasteiger partial charge in [-0.1, -0.05) is 65.7 Å². The largest absolute Gasteiger partial charge is 0.383 e. The molecule has 0 atom stereocenters. The van der Waals surface area contributed by atoms with Crippen LogP contribution in [0.25, 0.3) is 33.5 Å². The summed E-state index contributed by atoms with van der Waals surface area (Å²) in [7, 11) is 0. The molecule has 0 unspecified atom stereocenters. The third-order valence-corrected chi connectivity index (χ3v) is 7.69. The Labute approximate surface area is 231 Å². The zero-order valence-corrected chi connectivity index (χ0v) is 22.2. The monoisotopic (exact) mass is 540 g/mol. The van der Waals surface area contributed by atoms with E-state index in [1.54, 1.807) is 12.3 Å². The number of rotatable bonds is 6. The molecule has 190 valence electrons. The van der Waals surface area contributed by atoms with Crippen molar-refractivity contribution in [2.24, 2.45) is 0 Å². The predicted molar refractivity (Wildman–Crippen MR) is 156 cm³/mol. The molecule has 1 fully saturated rings. The van der Waals surface area contributed by atoms with Gasteiger partial charge >= 0.3 is 0 Å². The number of anilines is 2. The van der Waals surface area contributed by atoms with E-state index in [4.69, 9.17) is 39.0 Å². The van der Waals surface area contributed by atoms with Crippen LogP contribution in [0, 0.1) is 0 Å². The van der Waals surface area contributed by atoms with Gasteiger partial charge in [-0.15, -0.1) is 0 Å². The lowest BCUT2D eigenvalue weighted by Crippen LogP contribution is -2.18. The summed E-state index contributed by atoms with van der Waals surface area (Å²) in [5, 5.41) is 5.91. The SMILES string of the molecule is Nc1ncc(-c2ccc(N3CCCC3)nc2)cc1-c1nn(Cc2ccccc2)cc1-c1cccc(Cl)c1Cl. The van der Waals surface area contributed by atoms with Crippen molar-refractivity contribution in [2.45, 2.75) is 19.4 Å². The van der Waals surface area contributed by atoms with Crippen LogP contribution < -0.4 is 10.6 Å². The molecular formula is C30H26Cl2N6. The Morgan fingerprint density at radius 1 is 0.789 bits per heavy atom. The first kappa shape index (κ1) is 24.5. The summed E-state index contributed by atoms with van der Waals surface area (Å²) in [6.45, 7) is 2.71. The number of nitrogen functional groups attached to an aromatic ring is 1. The van der Waals surface area contributed by atoms with E-state index in [9.17, 15) is 0 Å². The van der Waals surface area contributed by atoms with Gasteiger partial charge in [0, 0.05) is 59.5 Å². The summed E-state index contributed by atoms with van der Waals surface area (Å²) in [6, 6.07) is 22.0. The molecule has 4 heterocycles. The first-order valence-electron chi connectivity index (χ1n) is 12.6. The molecule has 0 radical (unpaired) electrons. The molecule has 3 aromatic heterocycles. The van der Waals surface area contributed by atoms with Crippen molar-refractivity contribution in [3.8, 4) is 33.5 Å².